The fourth-order valence-corrected chi connectivity index (χ4v) is 1.60. The molecule has 0 spiro atoms. The minimum Gasteiger partial charge on any atom is -0.396 e. The fourth-order valence-electron chi connectivity index (χ4n) is 1.60. The van der Waals surface area contributed by atoms with Gasteiger partial charge in [0, 0.05) is 24.8 Å². The van der Waals surface area contributed by atoms with Crippen LogP contribution in [0.2, 0.25) is 0 Å². The summed E-state index contributed by atoms with van der Waals surface area (Å²) in [7, 11) is 0. The molecule has 7 nitrogen and oxygen atoms in total. The molecule has 0 radical (unpaired) electrons. The monoisotopic (exact) mass is 322 g/mol. The van der Waals surface area contributed by atoms with Gasteiger partial charge in [0.15, 0.2) is 0 Å². The number of hydrogen-bond donors (Lipinski definition) is 3. The Morgan fingerprint density at radius 3 is 2.45 bits per heavy atom. The number of benzene rings is 1. The van der Waals surface area contributed by atoms with Crippen LogP contribution in [0.4, 0.5) is 24.5 Å². The number of nitrogens with one attached hydrogen (secondary N) is 1. The number of aliphatic hydroxyl groups is 2. The summed E-state index contributed by atoms with van der Waals surface area (Å²) in [4.78, 5) is 21.1. The lowest BCUT2D eigenvalue weighted by Crippen LogP contribution is -2.40. The molecule has 1 aromatic carbocycles. The molecule has 1 amide bonds. The van der Waals surface area contributed by atoms with E-state index in [1.54, 1.807) is 0 Å². The van der Waals surface area contributed by atoms with E-state index >= 15 is 0 Å². The van der Waals surface area contributed by atoms with Crippen molar-refractivity contribution in [1.29, 1.82) is 0 Å². The molecule has 3 N–H and O–H groups in total. The van der Waals surface area contributed by atoms with E-state index in [1.165, 1.54) is 0 Å². The van der Waals surface area contributed by atoms with E-state index in [0.29, 0.717) is 12.1 Å². The molecule has 0 saturated heterocycles. The van der Waals surface area contributed by atoms with Gasteiger partial charge in [0.2, 0.25) is 0 Å². The largest absolute Gasteiger partial charge is 0.423 e. The average molecular weight is 322 g/mol. The van der Waals surface area contributed by atoms with Crippen LogP contribution in [0.1, 0.15) is 18.9 Å². The van der Waals surface area contributed by atoms with E-state index in [4.69, 9.17) is 5.11 Å². The molecule has 0 bridgehead atoms. The zero-order chi connectivity index (χ0) is 17.1. The number of hydrogen-bond acceptors (Lipinski definition) is 5. The number of aliphatic hydroxyl groups excluding tert-OH is 1. The third-order valence-corrected chi connectivity index (χ3v) is 2.84. The smallest absolute Gasteiger partial charge is 0.396 e. The molecule has 0 fully saturated rings. The predicted octanol–water partition coefficient (Wildman–Crippen LogP) is 1.69. The third kappa shape index (κ3) is 4.15. The quantitative estimate of drug-likeness (QED) is 0.564. The summed E-state index contributed by atoms with van der Waals surface area (Å²) in [6.45, 7) is 0.573. The molecule has 122 valence electrons. The maximum Gasteiger partial charge on any atom is 0.423 e. The van der Waals surface area contributed by atoms with Gasteiger partial charge in [-0.3, -0.25) is 14.9 Å². The third-order valence-electron chi connectivity index (χ3n) is 2.84. The Kier molecular flexibility index (Phi) is 5.09. The molecule has 0 saturated carbocycles. The highest BCUT2D eigenvalue weighted by atomic mass is 19.4. The molecule has 0 heterocycles. The Morgan fingerprint density at radius 1 is 1.41 bits per heavy atom. The van der Waals surface area contributed by atoms with Crippen molar-refractivity contribution in [3.05, 3.63) is 33.9 Å². The first-order valence-corrected chi connectivity index (χ1v) is 5.99. The van der Waals surface area contributed by atoms with Crippen molar-refractivity contribution in [3.63, 3.8) is 0 Å². The topological polar surface area (TPSA) is 113 Å². The number of carbonyl (C=O) groups excluding carboxylic acids is 1. The van der Waals surface area contributed by atoms with Gasteiger partial charge in [-0.05, 0) is 19.1 Å². The minimum atomic E-state index is -4.98. The number of amides is 1. The molecular weight excluding hydrogens is 309 g/mol. The first-order valence-electron chi connectivity index (χ1n) is 5.99. The van der Waals surface area contributed by atoms with E-state index in [2.05, 4.69) is 0 Å². The van der Waals surface area contributed by atoms with Crippen molar-refractivity contribution in [1.82, 2.24) is 0 Å². The Morgan fingerprint density at radius 2 is 2.00 bits per heavy atom. The Hall–Kier alpha value is -2.20. The van der Waals surface area contributed by atoms with Gasteiger partial charge in [-0.15, -0.1) is 0 Å². The van der Waals surface area contributed by atoms with Gasteiger partial charge >= 0.3 is 6.18 Å². The van der Waals surface area contributed by atoms with Crippen LogP contribution in [-0.4, -0.2) is 33.3 Å². The lowest BCUT2D eigenvalue weighted by molar-refractivity contribution is -0.388. The molecule has 22 heavy (non-hydrogen) atoms. The molecule has 1 atom stereocenters. The molecule has 0 aliphatic carbocycles. The summed E-state index contributed by atoms with van der Waals surface area (Å²) in [5.41, 5.74) is -5.01. The number of halogens is 3. The summed E-state index contributed by atoms with van der Waals surface area (Å²) in [5, 5.41) is 31.0. The molecule has 0 aliphatic rings. The lowest BCUT2D eigenvalue weighted by atomic mass is 10.0. The first-order chi connectivity index (χ1) is 9.99. The standard InChI is InChI=1S/C12H13F3N2O5/c1-11(20,4-5-18)10(19)16-7-2-3-9(17(21)22)8(6-7)12(13,14)15/h2-3,6,18,20H,4-5H2,1H3,(H,16,19)/t11-/m0/s1. The van der Waals surface area contributed by atoms with Crippen LogP contribution in [-0.2, 0) is 11.0 Å². The number of nitrogens with zero attached hydrogens (tertiary/aromatic N) is 1. The summed E-state index contributed by atoms with van der Waals surface area (Å²) in [6, 6.07) is 1.94. The van der Waals surface area contributed by atoms with Gasteiger partial charge in [-0.2, -0.15) is 13.2 Å². The number of nitro groups is 1. The van der Waals surface area contributed by atoms with Crippen LogP contribution in [0.15, 0.2) is 18.2 Å². The molecule has 0 aliphatic heterocycles. The summed E-state index contributed by atoms with van der Waals surface area (Å²) in [6.07, 6.45) is -5.30. The van der Waals surface area contributed by atoms with E-state index in [1.807, 2.05) is 5.32 Å². The van der Waals surface area contributed by atoms with Gasteiger partial charge in [-0.1, -0.05) is 0 Å². The molecular formula is C12H13F3N2O5. The average Bonchev–Trinajstić information content (AvgIpc) is 2.37. The van der Waals surface area contributed by atoms with Crippen LogP contribution in [0.5, 0.6) is 0 Å². The highest BCUT2D eigenvalue weighted by molar-refractivity contribution is 5.97. The lowest BCUT2D eigenvalue weighted by Gasteiger charge is -2.21. The van der Waals surface area contributed by atoms with E-state index in [0.717, 1.165) is 13.0 Å². The fraction of sp³-hybridized carbons (Fsp3) is 0.417. The maximum atomic E-state index is 12.8. The second-order valence-corrected chi connectivity index (χ2v) is 4.69. The highest BCUT2D eigenvalue weighted by Crippen LogP contribution is 2.37. The SMILES string of the molecule is C[C@](O)(CCO)C(=O)Nc1ccc([N+](=O)[O-])c(C(F)(F)F)c1. The van der Waals surface area contributed by atoms with Crippen molar-refractivity contribution < 1.29 is 33.1 Å². The molecule has 0 unspecified atom stereocenters. The van der Waals surface area contributed by atoms with Gasteiger partial charge in [-0.25, -0.2) is 0 Å². The van der Waals surface area contributed by atoms with Crippen molar-refractivity contribution >= 4 is 17.3 Å². The Bertz CT molecular complexity index is 587. The number of anilines is 1. The molecule has 0 aromatic heterocycles. The Balaban J connectivity index is 3.13. The van der Waals surface area contributed by atoms with Crippen molar-refractivity contribution in [2.75, 3.05) is 11.9 Å². The van der Waals surface area contributed by atoms with Gasteiger partial charge in [0.1, 0.15) is 11.2 Å². The number of rotatable bonds is 5. The van der Waals surface area contributed by atoms with Crippen molar-refractivity contribution in [2.24, 2.45) is 0 Å². The minimum absolute atomic E-state index is 0.321. The Labute approximate surface area is 122 Å². The number of carbonyl (C=O) groups is 1. The van der Waals surface area contributed by atoms with Crippen LogP contribution in [0.3, 0.4) is 0 Å². The molecule has 1 aromatic rings. The van der Waals surface area contributed by atoms with Crippen molar-refractivity contribution in [2.45, 2.75) is 25.1 Å². The summed E-state index contributed by atoms with van der Waals surface area (Å²) < 4.78 is 38.3. The summed E-state index contributed by atoms with van der Waals surface area (Å²) >= 11 is 0. The van der Waals surface area contributed by atoms with Gasteiger partial charge < -0.3 is 15.5 Å². The van der Waals surface area contributed by atoms with Crippen LogP contribution >= 0.6 is 0 Å². The normalized spacial score (nSPS) is 14.3. The summed E-state index contributed by atoms with van der Waals surface area (Å²) in [5.74, 6) is -1.04. The number of alkyl halides is 3. The van der Waals surface area contributed by atoms with E-state index in [9.17, 15) is 33.2 Å². The van der Waals surface area contributed by atoms with Crippen LogP contribution < -0.4 is 5.32 Å². The number of nitro benzene ring substituents is 1. The second-order valence-electron chi connectivity index (χ2n) is 4.69. The van der Waals surface area contributed by atoms with E-state index < -0.39 is 40.5 Å². The van der Waals surface area contributed by atoms with Crippen LogP contribution in [0.25, 0.3) is 0 Å². The first kappa shape index (κ1) is 17.9. The van der Waals surface area contributed by atoms with Gasteiger partial charge in [0.25, 0.3) is 11.6 Å². The zero-order valence-corrected chi connectivity index (χ0v) is 11.3. The zero-order valence-electron chi connectivity index (χ0n) is 11.3. The van der Waals surface area contributed by atoms with Crippen molar-refractivity contribution in [3.8, 4) is 0 Å². The van der Waals surface area contributed by atoms with Gasteiger partial charge in [0.05, 0.1) is 4.92 Å². The molecule has 10 heteroatoms. The predicted molar refractivity (Wildman–Crippen MR) is 69.1 cm³/mol. The second kappa shape index (κ2) is 6.28. The molecule has 1 rings (SSSR count). The van der Waals surface area contributed by atoms with Crippen LogP contribution in [0, 0.1) is 10.1 Å². The highest BCUT2D eigenvalue weighted by Gasteiger charge is 2.39. The van der Waals surface area contributed by atoms with E-state index in [-0.39, 0.29) is 12.1 Å². The maximum absolute atomic E-state index is 12.8.